The van der Waals surface area contributed by atoms with Gasteiger partial charge in [-0.1, -0.05) is 23.3 Å². The van der Waals surface area contributed by atoms with Gasteiger partial charge in [-0.05, 0) is 36.1 Å². The monoisotopic (exact) mass is 417 g/mol. The first kappa shape index (κ1) is 19.6. The lowest BCUT2D eigenvalue weighted by Gasteiger charge is -2.36. The average Bonchev–Trinajstić information content (AvgIpc) is 3.12. The van der Waals surface area contributed by atoms with E-state index >= 15 is 0 Å². The van der Waals surface area contributed by atoms with Gasteiger partial charge in [0.2, 0.25) is 0 Å². The molecule has 2 aliphatic rings. The summed E-state index contributed by atoms with van der Waals surface area (Å²) >= 11 is 0. The molecule has 0 amide bonds. The second-order valence-corrected chi connectivity index (χ2v) is 8.07. The number of aromatic nitrogens is 2. The van der Waals surface area contributed by atoms with Crippen molar-refractivity contribution in [3.63, 3.8) is 0 Å². The molecule has 2 unspecified atom stereocenters. The highest BCUT2D eigenvalue weighted by atomic mass is 16.6. The predicted molar refractivity (Wildman–Crippen MR) is 117 cm³/mol. The number of esters is 1. The summed E-state index contributed by atoms with van der Waals surface area (Å²) < 4.78 is 13.7. The molecule has 4 heterocycles. The Bertz CT molecular complexity index is 1220. The highest BCUT2D eigenvalue weighted by Gasteiger charge is 2.36. The molecule has 1 aromatic carbocycles. The van der Waals surface area contributed by atoms with Crippen LogP contribution in [0.4, 0.5) is 0 Å². The maximum absolute atomic E-state index is 12.4. The molecule has 0 radical (unpaired) electrons. The fourth-order valence-corrected chi connectivity index (χ4v) is 4.51. The van der Waals surface area contributed by atoms with Gasteiger partial charge in [-0.15, -0.1) is 0 Å². The van der Waals surface area contributed by atoms with Crippen LogP contribution in [0.3, 0.4) is 0 Å². The minimum absolute atomic E-state index is 0.0970. The van der Waals surface area contributed by atoms with Crippen molar-refractivity contribution in [3.05, 3.63) is 58.2 Å². The van der Waals surface area contributed by atoms with Gasteiger partial charge in [0.1, 0.15) is 6.10 Å². The van der Waals surface area contributed by atoms with Crippen molar-refractivity contribution in [3.8, 4) is 0 Å². The van der Waals surface area contributed by atoms with Crippen molar-refractivity contribution in [2.75, 3.05) is 19.8 Å². The van der Waals surface area contributed by atoms with Gasteiger partial charge in [0, 0.05) is 59.1 Å². The van der Waals surface area contributed by atoms with E-state index in [1.165, 1.54) is 0 Å². The van der Waals surface area contributed by atoms with Crippen LogP contribution in [0, 0.1) is 5.92 Å². The molecule has 0 N–H and O–H groups in total. The van der Waals surface area contributed by atoms with E-state index in [0.717, 1.165) is 39.5 Å². The summed E-state index contributed by atoms with van der Waals surface area (Å²) in [6.45, 7) is 1.35. The van der Waals surface area contributed by atoms with Crippen LogP contribution in [0.25, 0.3) is 38.4 Å². The Balaban J connectivity index is 1.35. The maximum Gasteiger partial charge on any atom is 0.306 e. The Morgan fingerprint density at radius 2 is 2.23 bits per heavy atom. The van der Waals surface area contributed by atoms with Crippen molar-refractivity contribution >= 4 is 34.0 Å². The van der Waals surface area contributed by atoms with E-state index in [9.17, 15) is 4.79 Å². The molecular weight excluding hydrogens is 394 g/mol. The van der Waals surface area contributed by atoms with E-state index in [-0.39, 0.29) is 18.0 Å². The van der Waals surface area contributed by atoms with Crippen molar-refractivity contribution in [1.29, 1.82) is 0 Å². The predicted octanol–water partition coefficient (Wildman–Crippen LogP) is 4.63. The minimum Gasteiger partial charge on any atom is -0.459 e. The van der Waals surface area contributed by atoms with Crippen molar-refractivity contribution in [1.82, 2.24) is 9.55 Å². The minimum atomic E-state index is -0.302. The standard InChI is InChI=1S/C23H23N5O3/c24-27-25-8-4-3-7-22(29)31-21-14-30-13-17-12-28-11-16-9-15-5-1-2-6-19(15)26-23(16)20(28)10-18(17)21/h1-2,5-6,9,11-12,18,21H,3-4,7-8,10,13-14H2. The number of hydrogen-bond acceptors (Lipinski definition) is 5. The van der Waals surface area contributed by atoms with Crippen molar-refractivity contribution < 1.29 is 14.3 Å². The number of para-hydroxylation sites is 1. The van der Waals surface area contributed by atoms with Crippen molar-refractivity contribution in [2.24, 2.45) is 11.0 Å². The second-order valence-electron chi connectivity index (χ2n) is 8.07. The number of azide groups is 1. The zero-order chi connectivity index (χ0) is 21.2. The summed E-state index contributed by atoms with van der Waals surface area (Å²) in [4.78, 5) is 20.0. The van der Waals surface area contributed by atoms with E-state index in [1.807, 2.05) is 18.2 Å². The van der Waals surface area contributed by atoms with E-state index in [4.69, 9.17) is 20.0 Å². The lowest BCUT2D eigenvalue weighted by molar-refractivity contribution is -0.157. The molecule has 0 bridgehead atoms. The summed E-state index contributed by atoms with van der Waals surface area (Å²) in [6.07, 6.45) is 6.32. The highest BCUT2D eigenvalue weighted by Crippen LogP contribution is 2.36. The molecule has 2 aromatic heterocycles. The Morgan fingerprint density at radius 3 is 3.13 bits per heavy atom. The average molecular weight is 417 g/mol. The molecule has 1 saturated heterocycles. The van der Waals surface area contributed by atoms with Crippen LogP contribution in [0.5, 0.6) is 0 Å². The van der Waals surface area contributed by atoms with Gasteiger partial charge in [-0.2, -0.15) is 0 Å². The summed E-state index contributed by atoms with van der Waals surface area (Å²) in [6, 6.07) is 10.3. The molecule has 8 heteroatoms. The molecule has 3 aromatic rings. The third-order valence-electron chi connectivity index (χ3n) is 6.05. The molecule has 2 atom stereocenters. The van der Waals surface area contributed by atoms with Gasteiger partial charge in [-0.3, -0.25) is 4.79 Å². The summed E-state index contributed by atoms with van der Waals surface area (Å²) in [5, 5.41) is 5.72. The van der Waals surface area contributed by atoms with E-state index in [2.05, 4.69) is 39.1 Å². The molecule has 1 fully saturated rings. The molecule has 0 spiro atoms. The number of carbonyl (C=O) groups is 1. The smallest absolute Gasteiger partial charge is 0.306 e. The van der Waals surface area contributed by atoms with Gasteiger partial charge in [0.05, 0.1) is 24.2 Å². The summed E-state index contributed by atoms with van der Waals surface area (Å²) in [5.74, 6) is -0.134. The van der Waals surface area contributed by atoms with E-state index < -0.39 is 0 Å². The SMILES string of the molecule is [N-]=[N+]=NCCCCC(=O)OC1COCC2=Cn3cc4cc5ccccc5nc4c3CC21. The first-order valence-corrected chi connectivity index (χ1v) is 10.6. The fraction of sp³-hybridized carbons (Fsp3) is 0.391. The maximum atomic E-state index is 12.4. The van der Waals surface area contributed by atoms with Crippen LogP contribution in [0.15, 0.2) is 47.2 Å². The summed E-state index contributed by atoms with van der Waals surface area (Å²) in [5.41, 5.74) is 12.6. The quantitative estimate of drug-likeness (QED) is 0.192. The Hall–Kier alpha value is -3.35. The van der Waals surface area contributed by atoms with Crippen molar-refractivity contribution in [2.45, 2.75) is 31.8 Å². The van der Waals surface area contributed by atoms with Gasteiger partial charge in [0.25, 0.3) is 0 Å². The van der Waals surface area contributed by atoms with Crippen LogP contribution in [0.1, 0.15) is 25.0 Å². The number of hydrogen-bond donors (Lipinski definition) is 0. The van der Waals surface area contributed by atoms with E-state index in [0.29, 0.717) is 39.0 Å². The molecular formula is C23H23N5O3. The van der Waals surface area contributed by atoms with Gasteiger partial charge in [0.15, 0.2) is 0 Å². The van der Waals surface area contributed by atoms with E-state index in [1.54, 1.807) is 0 Å². The van der Waals surface area contributed by atoms with Gasteiger partial charge in [-0.25, -0.2) is 4.98 Å². The second kappa shape index (κ2) is 8.41. The van der Waals surface area contributed by atoms with Gasteiger partial charge >= 0.3 is 5.97 Å². The zero-order valence-corrected chi connectivity index (χ0v) is 17.1. The molecule has 0 aliphatic carbocycles. The van der Waals surface area contributed by atoms with Crippen LogP contribution >= 0.6 is 0 Å². The number of ether oxygens (including phenoxy) is 2. The van der Waals surface area contributed by atoms with Crippen LogP contribution in [0.2, 0.25) is 0 Å². The molecule has 0 saturated carbocycles. The topological polar surface area (TPSA) is 102 Å². The molecule has 5 rings (SSSR count). The number of carbonyl (C=O) groups excluding carboxylic acids is 1. The first-order chi connectivity index (χ1) is 15.2. The number of rotatable bonds is 6. The first-order valence-electron chi connectivity index (χ1n) is 10.6. The zero-order valence-electron chi connectivity index (χ0n) is 17.1. The van der Waals surface area contributed by atoms with Crippen LogP contribution in [-0.2, 0) is 20.7 Å². The lowest BCUT2D eigenvalue weighted by Crippen LogP contribution is -2.40. The number of fused-ring (bicyclic) bond motifs is 5. The Morgan fingerprint density at radius 1 is 1.32 bits per heavy atom. The fourth-order valence-electron chi connectivity index (χ4n) is 4.51. The highest BCUT2D eigenvalue weighted by molar-refractivity contribution is 5.94. The number of unbranched alkanes of at least 4 members (excludes halogenated alkanes) is 1. The molecule has 31 heavy (non-hydrogen) atoms. The number of nitrogens with zero attached hydrogens (tertiary/aromatic N) is 5. The largest absolute Gasteiger partial charge is 0.459 e. The Kier molecular flexibility index (Phi) is 5.32. The van der Waals surface area contributed by atoms with Crippen LogP contribution < -0.4 is 0 Å². The summed E-state index contributed by atoms with van der Waals surface area (Å²) in [7, 11) is 0. The normalized spacial score (nSPS) is 19.9. The molecule has 8 nitrogen and oxygen atoms in total. The lowest BCUT2D eigenvalue weighted by atomic mass is 9.86. The molecule has 2 aliphatic heterocycles. The molecule has 158 valence electrons. The third-order valence-corrected chi connectivity index (χ3v) is 6.05. The third kappa shape index (κ3) is 3.87. The number of pyridine rings is 1. The Labute approximate surface area is 179 Å². The number of benzene rings is 1. The van der Waals surface area contributed by atoms with Crippen LogP contribution in [-0.4, -0.2) is 41.4 Å². The van der Waals surface area contributed by atoms with Gasteiger partial charge < -0.3 is 14.0 Å².